The molecule has 0 aliphatic carbocycles. The van der Waals surface area contributed by atoms with Crippen LogP contribution in [0.25, 0.3) is 0 Å². The molecule has 1 rings (SSSR count). The summed E-state index contributed by atoms with van der Waals surface area (Å²) in [7, 11) is 1.54. The molecule has 1 aromatic heterocycles. The number of carbonyl (C=O) groups is 2. The first-order valence-corrected chi connectivity index (χ1v) is 5.41. The van der Waals surface area contributed by atoms with Gasteiger partial charge in [-0.25, -0.2) is 9.59 Å². The molecule has 1 atom stereocenters. The van der Waals surface area contributed by atoms with Crippen LogP contribution < -0.4 is 5.32 Å². The van der Waals surface area contributed by atoms with Gasteiger partial charge in [0, 0.05) is 25.6 Å². The van der Waals surface area contributed by atoms with E-state index < -0.39 is 18.0 Å². The standard InChI is InChI=1S/C11H16N2O5/c1-13(6-8-3-5-18-7-8)11(17)12-9(2-4-14)10(15)16/h3,5,7,9,14H,2,4,6H2,1H3,(H,12,17)(H,15,16). The fraction of sp³-hybridized carbons (Fsp3) is 0.455. The molecule has 7 heteroatoms. The van der Waals surface area contributed by atoms with E-state index in [1.54, 1.807) is 13.1 Å². The molecular weight excluding hydrogens is 240 g/mol. The molecule has 0 bridgehead atoms. The summed E-state index contributed by atoms with van der Waals surface area (Å²) in [6.07, 6.45) is 2.97. The number of carbonyl (C=O) groups excluding carboxylic acids is 1. The maximum atomic E-state index is 11.7. The van der Waals surface area contributed by atoms with Gasteiger partial charge in [0.2, 0.25) is 0 Å². The largest absolute Gasteiger partial charge is 0.480 e. The highest BCUT2D eigenvalue weighted by Crippen LogP contribution is 2.04. The Labute approximate surface area is 104 Å². The van der Waals surface area contributed by atoms with E-state index in [-0.39, 0.29) is 13.0 Å². The minimum Gasteiger partial charge on any atom is -0.480 e. The van der Waals surface area contributed by atoms with Crippen LogP contribution in [0.4, 0.5) is 4.79 Å². The predicted molar refractivity (Wildman–Crippen MR) is 61.8 cm³/mol. The van der Waals surface area contributed by atoms with Crippen LogP contribution in [0.3, 0.4) is 0 Å². The smallest absolute Gasteiger partial charge is 0.326 e. The van der Waals surface area contributed by atoms with Crippen LogP contribution in [-0.2, 0) is 11.3 Å². The van der Waals surface area contributed by atoms with Crippen molar-refractivity contribution in [1.29, 1.82) is 0 Å². The van der Waals surface area contributed by atoms with Crippen LogP contribution in [0.1, 0.15) is 12.0 Å². The highest BCUT2D eigenvalue weighted by molar-refractivity contribution is 5.82. The van der Waals surface area contributed by atoms with Crippen LogP contribution in [0.5, 0.6) is 0 Å². The molecule has 0 radical (unpaired) electrons. The lowest BCUT2D eigenvalue weighted by Gasteiger charge is -2.20. The number of furan rings is 1. The molecular formula is C11H16N2O5. The molecule has 0 fully saturated rings. The summed E-state index contributed by atoms with van der Waals surface area (Å²) in [5.41, 5.74) is 0.807. The first-order chi connectivity index (χ1) is 8.54. The Hall–Kier alpha value is -2.02. The minimum absolute atomic E-state index is 0.0272. The molecule has 0 spiro atoms. The number of hydrogen-bond acceptors (Lipinski definition) is 4. The van der Waals surface area contributed by atoms with E-state index in [4.69, 9.17) is 14.6 Å². The molecule has 0 saturated carbocycles. The Morgan fingerprint density at radius 2 is 2.28 bits per heavy atom. The Kier molecular flexibility index (Phi) is 5.19. The zero-order valence-electron chi connectivity index (χ0n) is 10.00. The third-order valence-electron chi connectivity index (χ3n) is 2.36. The van der Waals surface area contributed by atoms with Gasteiger partial charge in [-0.2, -0.15) is 0 Å². The number of aliphatic carboxylic acids is 1. The van der Waals surface area contributed by atoms with Gasteiger partial charge in [0.25, 0.3) is 0 Å². The average molecular weight is 256 g/mol. The molecule has 100 valence electrons. The molecule has 0 aliphatic heterocycles. The number of aliphatic hydroxyl groups excluding tert-OH is 1. The van der Waals surface area contributed by atoms with Gasteiger partial charge >= 0.3 is 12.0 Å². The van der Waals surface area contributed by atoms with Gasteiger partial charge in [0.05, 0.1) is 19.1 Å². The van der Waals surface area contributed by atoms with Crippen molar-refractivity contribution in [3.05, 3.63) is 24.2 Å². The van der Waals surface area contributed by atoms with E-state index in [0.29, 0.717) is 6.54 Å². The van der Waals surface area contributed by atoms with Crippen LogP contribution in [-0.4, -0.2) is 46.8 Å². The van der Waals surface area contributed by atoms with Gasteiger partial charge in [0.1, 0.15) is 6.04 Å². The highest BCUT2D eigenvalue weighted by Gasteiger charge is 2.21. The van der Waals surface area contributed by atoms with E-state index in [2.05, 4.69) is 5.32 Å². The second kappa shape index (κ2) is 6.65. The number of hydrogen-bond donors (Lipinski definition) is 3. The van der Waals surface area contributed by atoms with Crippen molar-refractivity contribution in [3.8, 4) is 0 Å². The first kappa shape index (κ1) is 14.0. The third-order valence-corrected chi connectivity index (χ3v) is 2.36. The second-order valence-electron chi connectivity index (χ2n) is 3.84. The summed E-state index contributed by atoms with van der Waals surface area (Å²) in [5, 5.41) is 19.9. The summed E-state index contributed by atoms with van der Waals surface area (Å²) in [6, 6.07) is 0.109. The van der Waals surface area contributed by atoms with Crippen molar-refractivity contribution in [2.45, 2.75) is 19.0 Å². The normalized spacial score (nSPS) is 11.9. The van der Waals surface area contributed by atoms with E-state index in [9.17, 15) is 9.59 Å². The number of carboxylic acids is 1. The molecule has 0 aliphatic rings. The fourth-order valence-electron chi connectivity index (χ4n) is 1.37. The maximum absolute atomic E-state index is 11.7. The van der Waals surface area contributed by atoms with E-state index in [0.717, 1.165) is 5.56 Å². The molecule has 3 N–H and O–H groups in total. The van der Waals surface area contributed by atoms with Crippen molar-refractivity contribution < 1.29 is 24.2 Å². The molecule has 0 saturated heterocycles. The number of rotatable bonds is 6. The van der Waals surface area contributed by atoms with Crippen molar-refractivity contribution in [2.24, 2.45) is 0 Å². The van der Waals surface area contributed by atoms with Gasteiger partial charge in [-0.15, -0.1) is 0 Å². The Balaban J connectivity index is 2.50. The van der Waals surface area contributed by atoms with Crippen molar-refractivity contribution in [3.63, 3.8) is 0 Å². The molecule has 18 heavy (non-hydrogen) atoms. The zero-order chi connectivity index (χ0) is 13.5. The Bertz CT molecular complexity index is 390. The van der Waals surface area contributed by atoms with Crippen molar-refractivity contribution >= 4 is 12.0 Å². The number of carboxylic acid groups (broad SMARTS) is 1. The molecule has 1 unspecified atom stereocenters. The number of nitrogens with zero attached hydrogens (tertiary/aromatic N) is 1. The van der Waals surface area contributed by atoms with Crippen LogP contribution in [0.2, 0.25) is 0 Å². The maximum Gasteiger partial charge on any atom is 0.326 e. The molecule has 0 aromatic carbocycles. The number of urea groups is 1. The van der Waals surface area contributed by atoms with Gasteiger partial charge in [-0.1, -0.05) is 0 Å². The number of amides is 2. The summed E-state index contributed by atoms with van der Waals surface area (Å²) >= 11 is 0. The lowest BCUT2D eigenvalue weighted by molar-refractivity contribution is -0.139. The van der Waals surface area contributed by atoms with E-state index >= 15 is 0 Å². The predicted octanol–water partition coefficient (Wildman–Crippen LogP) is 0.257. The quantitative estimate of drug-likeness (QED) is 0.677. The Morgan fingerprint density at radius 3 is 2.78 bits per heavy atom. The second-order valence-corrected chi connectivity index (χ2v) is 3.84. The van der Waals surface area contributed by atoms with Crippen LogP contribution in [0.15, 0.2) is 23.0 Å². The average Bonchev–Trinajstić information content (AvgIpc) is 2.80. The topological polar surface area (TPSA) is 103 Å². The third kappa shape index (κ3) is 4.10. The van der Waals surface area contributed by atoms with Crippen LogP contribution >= 0.6 is 0 Å². The summed E-state index contributed by atoms with van der Waals surface area (Å²) in [5.74, 6) is -1.17. The molecule has 2 amide bonds. The highest BCUT2D eigenvalue weighted by atomic mass is 16.4. The Morgan fingerprint density at radius 1 is 1.56 bits per heavy atom. The van der Waals surface area contributed by atoms with E-state index in [1.165, 1.54) is 17.4 Å². The first-order valence-electron chi connectivity index (χ1n) is 5.41. The summed E-state index contributed by atoms with van der Waals surface area (Å²) < 4.78 is 4.87. The van der Waals surface area contributed by atoms with Crippen LogP contribution in [0, 0.1) is 0 Å². The number of aliphatic hydroxyl groups is 1. The molecule has 1 aromatic rings. The lowest BCUT2D eigenvalue weighted by Crippen LogP contribution is -2.46. The van der Waals surface area contributed by atoms with Crippen molar-refractivity contribution in [1.82, 2.24) is 10.2 Å². The van der Waals surface area contributed by atoms with Gasteiger partial charge in [-0.05, 0) is 6.07 Å². The number of nitrogens with one attached hydrogen (secondary N) is 1. The zero-order valence-corrected chi connectivity index (χ0v) is 10.00. The summed E-state index contributed by atoms with van der Waals surface area (Å²) in [4.78, 5) is 23.8. The SMILES string of the molecule is CN(Cc1ccoc1)C(=O)NC(CCO)C(=O)O. The van der Waals surface area contributed by atoms with Crippen molar-refractivity contribution in [2.75, 3.05) is 13.7 Å². The fourth-order valence-corrected chi connectivity index (χ4v) is 1.37. The van der Waals surface area contributed by atoms with Gasteiger partial charge in [-0.3, -0.25) is 0 Å². The minimum atomic E-state index is -1.17. The summed E-state index contributed by atoms with van der Waals surface area (Å²) in [6.45, 7) is 0.0104. The van der Waals surface area contributed by atoms with Gasteiger partial charge in [0.15, 0.2) is 0 Å². The molecule has 7 nitrogen and oxygen atoms in total. The van der Waals surface area contributed by atoms with Gasteiger partial charge < -0.3 is 24.8 Å². The monoisotopic (exact) mass is 256 g/mol. The molecule has 1 heterocycles. The lowest BCUT2D eigenvalue weighted by atomic mass is 10.2. The van der Waals surface area contributed by atoms with E-state index in [1.807, 2.05) is 0 Å².